The molecule has 0 aliphatic heterocycles. The lowest BCUT2D eigenvalue weighted by molar-refractivity contribution is 0.0852. The Balaban J connectivity index is 2.50. The SMILES string of the molecule is O=C(NC(CO)CO)c1ccco1. The van der Waals surface area contributed by atoms with E-state index in [2.05, 4.69) is 5.32 Å². The molecule has 0 bridgehead atoms. The monoisotopic (exact) mass is 185 g/mol. The molecule has 0 spiro atoms. The van der Waals surface area contributed by atoms with Crippen molar-refractivity contribution in [2.24, 2.45) is 0 Å². The smallest absolute Gasteiger partial charge is 0.287 e. The lowest BCUT2D eigenvalue weighted by atomic mass is 10.3. The van der Waals surface area contributed by atoms with Crippen LogP contribution in [0.1, 0.15) is 10.6 Å². The molecule has 0 aromatic carbocycles. The average Bonchev–Trinajstić information content (AvgIpc) is 2.66. The van der Waals surface area contributed by atoms with Gasteiger partial charge in [0.2, 0.25) is 0 Å². The molecule has 5 heteroatoms. The summed E-state index contributed by atoms with van der Waals surface area (Å²) in [4.78, 5) is 11.2. The van der Waals surface area contributed by atoms with Gasteiger partial charge in [0.05, 0.1) is 25.5 Å². The normalized spacial score (nSPS) is 10.4. The molecule has 0 unspecified atom stereocenters. The Morgan fingerprint density at radius 3 is 2.69 bits per heavy atom. The number of aliphatic hydroxyl groups excluding tert-OH is 2. The minimum atomic E-state index is -0.641. The molecule has 1 heterocycles. The highest BCUT2D eigenvalue weighted by Crippen LogP contribution is 1.99. The lowest BCUT2D eigenvalue weighted by Crippen LogP contribution is -2.39. The van der Waals surface area contributed by atoms with Crippen LogP contribution in [0.4, 0.5) is 0 Å². The quantitative estimate of drug-likeness (QED) is 0.582. The van der Waals surface area contributed by atoms with Gasteiger partial charge < -0.3 is 19.9 Å². The van der Waals surface area contributed by atoms with Crippen LogP contribution in [0.5, 0.6) is 0 Å². The van der Waals surface area contributed by atoms with Gasteiger partial charge in [-0.25, -0.2) is 0 Å². The molecular formula is C8H11NO4. The Morgan fingerprint density at radius 1 is 1.54 bits per heavy atom. The van der Waals surface area contributed by atoms with Crippen LogP contribution in [0.15, 0.2) is 22.8 Å². The van der Waals surface area contributed by atoms with E-state index < -0.39 is 11.9 Å². The van der Waals surface area contributed by atoms with Gasteiger partial charge in [-0.05, 0) is 12.1 Å². The zero-order valence-electron chi connectivity index (χ0n) is 6.93. The average molecular weight is 185 g/mol. The van der Waals surface area contributed by atoms with Gasteiger partial charge in [-0.2, -0.15) is 0 Å². The van der Waals surface area contributed by atoms with E-state index in [1.54, 1.807) is 6.07 Å². The number of hydrogen-bond donors (Lipinski definition) is 3. The largest absolute Gasteiger partial charge is 0.459 e. The molecule has 0 aliphatic carbocycles. The highest BCUT2D eigenvalue weighted by Gasteiger charge is 2.13. The molecule has 0 radical (unpaired) electrons. The molecule has 0 atom stereocenters. The van der Waals surface area contributed by atoms with Crippen molar-refractivity contribution in [3.8, 4) is 0 Å². The molecule has 0 aliphatic rings. The Hall–Kier alpha value is -1.33. The van der Waals surface area contributed by atoms with Crippen molar-refractivity contribution in [3.63, 3.8) is 0 Å². The molecule has 0 saturated heterocycles. The van der Waals surface area contributed by atoms with Crippen LogP contribution in [-0.2, 0) is 0 Å². The summed E-state index contributed by atoms with van der Waals surface area (Å²) in [6.45, 7) is -0.605. The van der Waals surface area contributed by atoms with Crippen LogP contribution < -0.4 is 5.32 Å². The molecule has 1 aromatic heterocycles. The van der Waals surface area contributed by atoms with Crippen molar-refractivity contribution in [3.05, 3.63) is 24.2 Å². The van der Waals surface area contributed by atoms with Crippen molar-refractivity contribution in [2.75, 3.05) is 13.2 Å². The third kappa shape index (κ3) is 2.57. The maximum absolute atomic E-state index is 11.2. The van der Waals surface area contributed by atoms with Crippen LogP contribution in [0.25, 0.3) is 0 Å². The van der Waals surface area contributed by atoms with Crippen LogP contribution in [0, 0.1) is 0 Å². The van der Waals surface area contributed by atoms with E-state index in [1.807, 2.05) is 0 Å². The van der Waals surface area contributed by atoms with Crippen molar-refractivity contribution >= 4 is 5.91 Å². The van der Waals surface area contributed by atoms with Crippen molar-refractivity contribution in [1.29, 1.82) is 0 Å². The molecular weight excluding hydrogens is 174 g/mol. The maximum atomic E-state index is 11.2. The van der Waals surface area contributed by atoms with Crippen LogP contribution in [0.2, 0.25) is 0 Å². The topological polar surface area (TPSA) is 82.7 Å². The zero-order valence-corrected chi connectivity index (χ0v) is 6.93. The van der Waals surface area contributed by atoms with E-state index in [9.17, 15) is 4.79 Å². The summed E-state index contributed by atoms with van der Waals surface area (Å²) in [5.41, 5.74) is 0. The number of furan rings is 1. The molecule has 3 N–H and O–H groups in total. The maximum Gasteiger partial charge on any atom is 0.287 e. The molecule has 1 rings (SSSR count). The number of carbonyl (C=O) groups is 1. The predicted molar refractivity (Wildman–Crippen MR) is 44.1 cm³/mol. The van der Waals surface area contributed by atoms with Crippen molar-refractivity contribution in [2.45, 2.75) is 6.04 Å². The highest BCUT2D eigenvalue weighted by atomic mass is 16.3. The summed E-state index contributed by atoms with van der Waals surface area (Å²) in [5, 5.41) is 19.7. The van der Waals surface area contributed by atoms with E-state index in [-0.39, 0.29) is 19.0 Å². The van der Waals surface area contributed by atoms with E-state index in [4.69, 9.17) is 14.6 Å². The molecule has 13 heavy (non-hydrogen) atoms. The van der Waals surface area contributed by atoms with E-state index >= 15 is 0 Å². The zero-order chi connectivity index (χ0) is 9.68. The number of rotatable bonds is 4. The summed E-state index contributed by atoms with van der Waals surface area (Å²) in [6.07, 6.45) is 1.38. The summed E-state index contributed by atoms with van der Waals surface area (Å²) in [5.74, 6) is -0.287. The summed E-state index contributed by atoms with van der Waals surface area (Å²) >= 11 is 0. The molecule has 0 saturated carbocycles. The Kier molecular flexibility index (Phi) is 3.48. The fourth-order valence-electron chi connectivity index (χ4n) is 0.813. The number of amides is 1. The first kappa shape index (κ1) is 9.76. The first-order chi connectivity index (χ1) is 6.27. The second-order valence-corrected chi connectivity index (χ2v) is 2.51. The highest BCUT2D eigenvalue weighted by molar-refractivity contribution is 5.91. The van der Waals surface area contributed by atoms with Gasteiger partial charge in [0, 0.05) is 0 Å². The standard InChI is InChI=1S/C8H11NO4/c10-4-6(5-11)9-8(12)7-2-1-3-13-7/h1-3,6,10-11H,4-5H2,(H,9,12). The predicted octanol–water partition coefficient (Wildman–Crippen LogP) is -0.637. The second-order valence-electron chi connectivity index (χ2n) is 2.51. The minimum absolute atomic E-state index is 0.159. The summed E-state index contributed by atoms with van der Waals surface area (Å²) in [7, 11) is 0. The van der Waals surface area contributed by atoms with Crippen molar-refractivity contribution in [1.82, 2.24) is 5.32 Å². The lowest BCUT2D eigenvalue weighted by Gasteiger charge is -2.11. The second kappa shape index (κ2) is 4.64. The fourth-order valence-corrected chi connectivity index (χ4v) is 0.813. The van der Waals surface area contributed by atoms with Gasteiger partial charge in [0.1, 0.15) is 0 Å². The first-order valence-corrected chi connectivity index (χ1v) is 3.84. The molecule has 5 nitrogen and oxygen atoms in total. The molecule has 0 fully saturated rings. The van der Waals surface area contributed by atoms with Gasteiger partial charge in [0.25, 0.3) is 5.91 Å². The minimum Gasteiger partial charge on any atom is -0.459 e. The number of aliphatic hydroxyl groups is 2. The van der Waals surface area contributed by atoms with Gasteiger partial charge in [0.15, 0.2) is 5.76 Å². The molecule has 1 amide bonds. The van der Waals surface area contributed by atoms with Crippen LogP contribution in [-0.4, -0.2) is 35.4 Å². The summed E-state index contributed by atoms with van der Waals surface area (Å²) in [6, 6.07) is 2.45. The van der Waals surface area contributed by atoms with E-state index in [1.165, 1.54) is 12.3 Å². The third-order valence-electron chi connectivity index (χ3n) is 1.52. The van der Waals surface area contributed by atoms with E-state index in [0.29, 0.717) is 0 Å². The van der Waals surface area contributed by atoms with Crippen LogP contribution >= 0.6 is 0 Å². The number of nitrogens with one attached hydrogen (secondary N) is 1. The molecule has 1 aromatic rings. The Labute approximate surface area is 75.0 Å². The van der Waals surface area contributed by atoms with E-state index in [0.717, 1.165) is 0 Å². The first-order valence-electron chi connectivity index (χ1n) is 3.84. The Morgan fingerprint density at radius 2 is 2.23 bits per heavy atom. The molecule has 72 valence electrons. The number of hydrogen-bond acceptors (Lipinski definition) is 4. The van der Waals surface area contributed by atoms with Gasteiger partial charge >= 0.3 is 0 Å². The van der Waals surface area contributed by atoms with Crippen LogP contribution in [0.3, 0.4) is 0 Å². The van der Waals surface area contributed by atoms with Gasteiger partial charge in [-0.1, -0.05) is 0 Å². The van der Waals surface area contributed by atoms with Crippen molar-refractivity contribution < 1.29 is 19.4 Å². The third-order valence-corrected chi connectivity index (χ3v) is 1.52. The number of carbonyl (C=O) groups excluding carboxylic acids is 1. The van der Waals surface area contributed by atoms with Gasteiger partial charge in [-0.3, -0.25) is 4.79 Å². The fraction of sp³-hybridized carbons (Fsp3) is 0.375. The Bertz CT molecular complexity index is 253. The summed E-state index contributed by atoms with van der Waals surface area (Å²) < 4.78 is 4.81. The van der Waals surface area contributed by atoms with Gasteiger partial charge in [-0.15, -0.1) is 0 Å².